The smallest absolute Gasteiger partial charge is 0.244 e. The Morgan fingerprint density at radius 3 is 2.27 bits per heavy atom. The molecule has 0 saturated heterocycles. The average molecular weight is 663 g/mol. The molecular formula is C32H37Cl2N3O6S. The van der Waals surface area contributed by atoms with Crippen molar-refractivity contribution in [3.63, 3.8) is 0 Å². The van der Waals surface area contributed by atoms with Gasteiger partial charge in [-0.3, -0.25) is 13.9 Å². The number of benzene rings is 3. The summed E-state index contributed by atoms with van der Waals surface area (Å²) in [5, 5.41) is 3.61. The van der Waals surface area contributed by atoms with Crippen molar-refractivity contribution in [2.75, 3.05) is 36.4 Å². The van der Waals surface area contributed by atoms with Crippen molar-refractivity contribution < 1.29 is 27.5 Å². The zero-order valence-corrected chi connectivity index (χ0v) is 27.3. The number of nitrogens with zero attached hydrogens (tertiary/aromatic N) is 2. The molecule has 0 saturated carbocycles. The number of hydrogen-bond donors (Lipinski definition) is 1. The Labute approximate surface area is 269 Å². The van der Waals surface area contributed by atoms with Crippen LogP contribution in [0.2, 0.25) is 10.0 Å². The molecule has 1 unspecified atom stereocenters. The van der Waals surface area contributed by atoms with Gasteiger partial charge in [-0.2, -0.15) is 0 Å². The molecule has 1 heterocycles. The van der Waals surface area contributed by atoms with E-state index in [1.165, 1.54) is 11.8 Å². The molecule has 0 spiro atoms. The minimum absolute atomic E-state index is 0.0104. The molecule has 1 N–H and O–H groups in total. The van der Waals surface area contributed by atoms with Gasteiger partial charge in [-0.1, -0.05) is 73.4 Å². The minimum atomic E-state index is -3.93. The Bertz CT molecular complexity index is 1570. The molecule has 3 aromatic carbocycles. The van der Waals surface area contributed by atoms with Crippen molar-refractivity contribution in [3.05, 3.63) is 87.9 Å². The monoisotopic (exact) mass is 661 g/mol. The average Bonchev–Trinajstić information content (AvgIpc) is 3.02. The summed E-state index contributed by atoms with van der Waals surface area (Å²) in [6.07, 6.45) is 0.211. The van der Waals surface area contributed by atoms with Gasteiger partial charge in [0.25, 0.3) is 0 Å². The lowest BCUT2D eigenvalue weighted by atomic mass is 10.0. The lowest BCUT2D eigenvalue weighted by Crippen LogP contribution is -2.54. The number of fused-ring (bicyclic) bond motifs is 1. The Hall–Kier alpha value is -3.47. The van der Waals surface area contributed by atoms with E-state index in [2.05, 4.69) is 5.32 Å². The summed E-state index contributed by atoms with van der Waals surface area (Å²) >= 11 is 12.5. The molecule has 12 heteroatoms. The highest BCUT2D eigenvalue weighted by atomic mass is 35.5. The third-order valence-corrected chi connectivity index (χ3v) is 9.57. The molecule has 2 amide bonds. The first kappa shape index (κ1) is 33.4. The van der Waals surface area contributed by atoms with Gasteiger partial charge in [0.1, 0.15) is 25.8 Å². The van der Waals surface area contributed by atoms with Crippen LogP contribution in [0.1, 0.15) is 31.9 Å². The van der Waals surface area contributed by atoms with Gasteiger partial charge in [0.05, 0.1) is 21.5 Å². The van der Waals surface area contributed by atoms with Crippen molar-refractivity contribution in [3.8, 4) is 11.5 Å². The molecule has 3 aromatic rings. The predicted molar refractivity (Wildman–Crippen MR) is 173 cm³/mol. The number of carbonyl (C=O) groups excluding carboxylic acids is 2. The predicted octanol–water partition coefficient (Wildman–Crippen LogP) is 5.33. The summed E-state index contributed by atoms with van der Waals surface area (Å²) in [4.78, 5) is 29.5. The molecule has 44 heavy (non-hydrogen) atoms. The fourth-order valence-electron chi connectivity index (χ4n) is 4.72. The van der Waals surface area contributed by atoms with Gasteiger partial charge < -0.3 is 19.7 Å². The van der Waals surface area contributed by atoms with E-state index < -0.39 is 28.5 Å². The number of sulfonamides is 1. The lowest BCUT2D eigenvalue weighted by molar-refractivity contribution is -0.140. The number of rotatable bonds is 13. The molecule has 0 aliphatic carbocycles. The Morgan fingerprint density at radius 1 is 0.909 bits per heavy atom. The van der Waals surface area contributed by atoms with Crippen LogP contribution >= 0.6 is 23.2 Å². The largest absolute Gasteiger partial charge is 0.486 e. The maximum absolute atomic E-state index is 14.3. The second-order valence-electron chi connectivity index (χ2n) is 10.8. The number of amides is 2. The SMILES string of the molecule is CCS(=O)(=O)N(CC(=O)N(Cc1ccc(Cl)c(Cl)c1)C(Cc1ccccc1)C(=O)NCC(C)C)c1ccc2c(c1)OCCO2. The van der Waals surface area contributed by atoms with Crippen LogP contribution in [0.4, 0.5) is 5.69 Å². The molecule has 1 aliphatic heterocycles. The summed E-state index contributed by atoms with van der Waals surface area (Å²) in [6.45, 7) is 6.02. The molecular weight excluding hydrogens is 625 g/mol. The summed E-state index contributed by atoms with van der Waals surface area (Å²) in [7, 11) is -3.93. The van der Waals surface area contributed by atoms with E-state index in [-0.39, 0.29) is 36.2 Å². The van der Waals surface area contributed by atoms with Crippen LogP contribution in [0.15, 0.2) is 66.7 Å². The van der Waals surface area contributed by atoms with Crippen molar-refractivity contribution in [2.24, 2.45) is 5.92 Å². The maximum Gasteiger partial charge on any atom is 0.244 e. The van der Waals surface area contributed by atoms with E-state index in [9.17, 15) is 18.0 Å². The van der Waals surface area contributed by atoms with Crippen molar-refractivity contribution in [1.29, 1.82) is 0 Å². The number of halogens is 2. The van der Waals surface area contributed by atoms with E-state index >= 15 is 0 Å². The van der Waals surface area contributed by atoms with Gasteiger partial charge in [0.2, 0.25) is 21.8 Å². The standard InChI is InChI=1S/C32H37Cl2N3O6S/c1-4-44(40,41)37(25-11-13-29-30(18-25)43-15-14-42-29)21-31(38)36(20-24-10-12-26(33)27(34)16-24)28(32(39)35-19-22(2)3)17-23-8-6-5-7-9-23/h5-13,16,18,22,28H,4,14-15,17,19-21H2,1-3H3,(H,35,39). The zero-order valence-electron chi connectivity index (χ0n) is 25.0. The van der Waals surface area contributed by atoms with Gasteiger partial charge in [0.15, 0.2) is 11.5 Å². The number of ether oxygens (including phenoxy) is 2. The van der Waals surface area contributed by atoms with E-state index in [4.69, 9.17) is 32.7 Å². The van der Waals surface area contributed by atoms with E-state index in [0.29, 0.717) is 46.9 Å². The molecule has 1 aliphatic rings. The summed E-state index contributed by atoms with van der Waals surface area (Å²) in [5.41, 5.74) is 1.73. The van der Waals surface area contributed by atoms with Crippen LogP contribution in [0.3, 0.4) is 0 Å². The highest BCUT2D eigenvalue weighted by Gasteiger charge is 2.34. The van der Waals surface area contributed by atoms with Crippen LogP contribution in [0.25, 0.3) is 0 Å². The highest BCUT2D eigenvalue weighted by molar-refractivity contribution is 7.92. The first-order chi connectivity index (χ1) is 21.0. The molecule has 236 valence electrons. The summed E-state index contributed by atoms with van der Waals surface area (Å²) < 4.78 is 39.1. The van der Waals surface area contributed by atoms with Crippen molar-refractivity contribution in [1.82, 2.24) is 10.2 Å². The van der Waals surface area contributed by atoms with Crippen molar-refractivity contribution >= 4 is 50.7 Å². The zero-order chi connectivity index (χ0) is 31.9. The Kier molecular flexibility index (Phi) is 11.4. The van der Waals surface area contributed by atoms with Crippen LogP contribution in [0.5, 0.6) is 11.5 Å². The number of anilines is 1. The summed E-state index contributed by atoms with van der Waals surface area (Å²) in [6, 6.07) is 18.1. The highest BCUT2D eigenvalue weighted by Crippen LogP contribution is 2.35. The molecule has 0 fully saturated rings. The maximum atomic E-state index is 14.3. The van der Waals surface area contributed by atoms with Crippen LogP contribution in [-0.4, -0.2) is 63.2 Å². The van der Waals surface area contributed by atoms with Gasteiger partial charge in [-0.15, -0.1) is 0 Å². The summed E-state index contributed by atoms with van der Waals surface area (Å²) in [5.74, 6) is -0.102. The number of nitrogens with one attached hydrogen (secondary N) is 1. The molecule has 0 aromatic heterocycles. The number of carbonyl (C=O) groups is 2. The Balaban J connectivity index is 1.76. The molecule has 0 bridgehead atoms. The molecule has 9 nitrogen and oxygen atoms in total. The van der Waals surface area contributed by atoms with Gasteiger partial charge in [-0.05, 0) is 48.2 Å². The van der Waals surface area contributed by atoms with Crippen molar-refractivity contribution in [2.45, 2.75) is 39.8 Å². The van der Waals surface area contributed by atoms with Gasteiger partial charge in [-0.25, -0.2) is 8.42 Å². The fourth-order valence-corrected chi connectivity index (χ4v) is 6.09. The second kappa shape index (κ2) is 15.0. The lowest BCUT2D eigenvalue weighted by Gasteiger charge is -2.34. The molecule has 0 radical (unpaired) electrons. The van der Waals surface area contributed by atoms with Crippen LogP contribution < -0.4 is 19.1 Å². The third kappa shape index (κ3) is 8.58. The van der Waals surface area contributed by atoms with E-state index in [1.807, 2.05) is 44.2 Å². The fraction of sp³-hybridized carbons (Fsp3) is 0.375. The normalized spacial score (nSPS) is 13.3. The minimum Gasteiger partial charge on any atom is -0.486 e. The molecule has 4 rings (SSSR count). The van der Waals surface area contributed by atoms with E-state index in [0.717, 1.165) is 9.87 Å². The van der Waals surface area contributed by atoms with Gasteiger partial charge in [0, 0.05) is 25.6 Å². The third-order valence-electron chi connectivity index (χ3n) is 7.09. The number of hydrogen-bond acceptors (Lipinski definition) is 6. The quantitative estimate of drug-likeness (QED) is 0.265. The molecule has 1 atom stereocenters. The second-order valence-corrected chi connectivity index (χ2v) is 13.8. The van der Waals surface area contributed by atoms with Gasteiger partial charge >= 0.3 is 0 Å². The first-order valence-electron chi connectivity index (χ1n) is 14.4. The van der Waals surface area contributed by atoms with Crippen LogP contribution in [0, 0.1) is 5.92 Å². The van der Waals surface area contributed by atoms with E-state index in [1.54, 1.807) is 36.4 Å². The van der Waals surface area contributed by atoms with Crippen LogP contribution in [-0.2, 0) is 32.6 Å². The topological polar surface area (TPSA) is 105 Å². The first-order valence-corrected chi connectivity index (χ1v) is 16.8. The Morgan fingerprint density at radius 2 is 1.61 bits per heavy atom.